The zero-order valence-electron chi connectivity index (χ0n) is 12.6. The molecule has 2 aromatic heterocycles. The van der Waals surface area contributed by atoms with Crippen LogP contribution in [-0.2, 0) is 0 Å². The minimum Gasteiger partial charge on any atom is -0.508 e. The lowest BCUT2D eigenvalue weighted by Gasteiger charge is -2.05. The number of thiazole rings is 1. The highest BCUT2D eigenvalue weighted by Crippen LogP contribution is 2.43. The fourth-order valence-electron chi connectivity index (χ4n) is 3.22. The van der Waals surface area contributed by atoms with Gasteiger partial charge in [-0.3, -0.25) is 0 Å². The Kier molecular flexibility index (Phi) is 2.69. The zero-order chi connectivity index (χ0) is 16.3. The third kappa shape index (κ3) is 1.91. The van der Waals surface area contributed by atoms with Crippen LogP contribution in [0.5, 0.6) is 11.5 Å². The Morgan fingerprint density at radius 1 is 1.25 bits per heavy atom. The predicted octanol–water partition coefficient (Wildman–Crippen LogP) is 3.54. The Morgan fingerprint density at radius 3 is 3.08 bits per heavy atom. The number of phenolic OH excluding ortho intramolecular Hbond substituents is 1. The molecule has 5 rings (SSSR count). The van der Waals surface area contributed by atoms with Crippen LogP contribution < -0.4 is 15.8 Å². The highest BCUT2D eigenvalue weighted by molar-refractivity contribution is 7.22. The second-order valence-corrected chi connectivity index (χ2v) is 6.81. The van der Waals surface area contributed by atoms with Gasteiger partial charge in [-0.2, -0.15) is 0 Å². The first-order valence-electron chi connectivity index (χ1n) is 7.61. The second-order valence-electron chi connectivity index (χ2n) is 5.75. The maximum Gasteiger partial charge on any atom is 0.181 e. The molecule has 4 aromatic rings. The van der Waals surface area contributed by atoms with E-state index < -0.39 is 0 Å². The van der Waals surface area contributed by atoms with E-state index in [9.17, 15) is 5.11 Å². The van der Waals surface area contributed by atoms with Crippen molar-refractivity contribution in [3.8, 4) is 22.8 Å². The molecular formula is C17H14N4O2S. The standard InChI is InChI=1S/C17H14N4O2S/c18-17-21-10-2-1-8(5-13(10)24-17)15-16-14-11(20-15)6-9(22)7-12(14)23-4-3-19-16/h1-2,5-7,19-20,22H,3-4H2,(H2,18,21). The fourth-order valence-corrected chi connectivity index (χ4v) is 4.00. The van der Waals surface area contributed by atoms with Crippen molar-refractivity contribution in [3.05, 3.63) is 30.3 Å². The molecule has 0 amide bonds. The van der Waals surface area contributed by atoms with E-state index in [1.807, 2.05) is 12.1 Å². The van der Waals surface area contributed by atoms with Crippen LogP contribution in [0.2, 0.25) is 0 Å². The van der Waals surface area contributed by atoms with Crippen molar-refractivity contribution >= 4 is 43.3 Å². The molecule has 3 heterocycles. The van der Waals surface area contributed by atoms with E-state index in [0.29, 0.717) is 24.0 Å². The second kappa shape index (κ2) is 4.78. The Balaban J connectivity index is 1.79. The minimum atomic E-state index is 0.185. The summed E-state index contributed by atoms with van der Waals surface area (Å²) < 4.78 is 6.80. The molecule has 0 atom stereocenters. The van der Waals surface area contributed by atoms with Gasteiger partial charge in [0.05, 0.1) is 32.5 Å². The molecule has 7 heteroatoms. The van der Waals surface area contributed by atoms with Crippen LogP contribution in [0.15, 0.2) is 30.3 Å². The van der Waals surface area contributed by atoms with Crippen LogP contribution in [0.25, 0.3) is 32.4 Å². The first-order chi connectivity index (χ1) is 11.7. The number of nitrogen functional groups attached to an aromatic ring is 1. The number of nitrogens with two attached hydrogens (primary N) is 1. The lowest BCUT2D eigenvalue weighted by Crippen LogP contribution is -2.08. The van der Waals surface area contributed by atoms with Gasteiger partial charge in [-0.25, -0.2) is 4.98 Å². The Morgan fingerprint density at radius 2 is 2.17 bits per heavy atom. The number of nitrogens with zero attached hydrogens (tertiary/aromatic N) is 1. The molecule has 0 fully saturated rings. The molecule has 2 aromatic carbocycles. The van der Waals surface area contributed by atoms with Crippen LogP contribution in [0.1, 0.15) is 0 Å². The molecule has 24 heavy (non-hydrogen) atoms. The van der Waals surface area contributed by atoms with E-state index in [1.54, 1.807) is 12.1 Å². The van der Waals surface area contributed by atoms with E-state index >= 15 is 0 Å². The van der Waals surface area contributed by atoms with Crippen LogP contribution >= 0.6 is 11.3 Å². The van der Waals surface area contributed by atoms with Crippen molar-refractivity contribution in [1.82, 2.24) is 9.97 Å². The van der Waals surface area contributed by atoms with Gasteiger partial charge in [-0.05, 0) is 12.1 Å². The molecule has 1 aliphatic rings. The van der Waals surface area contributed by atoms with Crippen molar-refractivity contribution in [2.45, 2.75) is 0 Å². The number of ether oxygens (including phenoxy) is 1. The number of fused-ring (bicyclic) bond motifs is 1. The molecular weight excluding hydrogens is 324 g/mol. The highest BCUT2D eigenvalue weighted by atomic mass is 32.1. The first kappa shape index (κ1) is 13.5. The average molecular weight is 338 g/mol. The van der Waals surface area contributed by atoms with E-state index in [0.717, 1.165) is 38.1 Å². The molecule has 0 radical (unpaired) electrons. The molecule has 0 bridgehead atoms. The average Bonchev–Trinajstić information content (AvgIpc) is 3.02. The van der Waals surface area contributed by atoms with E-state index in [-0.39, 0.29) is 5.75 Å². The molecule has 0 unspecified atom stereocenters. The topological polar surface area (TPSA) is 96.2 Å². The Hall–Kier alpha value is -2.93. The minimum absolute atomic E-state index is 0.185. The monoisotopic (exact) mass is 338 g/mol. The Bertz CT molecular complexity index is 1100. The molecule has 1 aliphatic heterocycles. The number of phenols is 1. The van der Waals surface area contributed by atoms with Gasteiger partial charge in [0.1, 0.15) is 18.1 Å². The molecule has 6 nitrogen and oxygen atoms in total. The number of hydrogen-bond acceptors (Lipinski definition) is 6. The summed E-state index contributed by atoms with van der Waals surface area (Å²) in [6.07, 6.45) is 0. The number of rotatable bonds is 1. The third-order valence-corrected chi connectivity index (χ3v) is 5.05. The predicted molar refractivity (Wildman–Crippen MR) is 97.0 cm³/mol. The highest BCUT2D eigenvalue weighted by Gasteiger charge is 2.20. The summed E-state index contributed by atoms with van der Waals surface area (Å²) >= 11 is 1.47. The van der Waals surface area contributed by atoms with Crippen molar-refractivity contribution in [1.29, 1.82) is 0 Å². The fraction of sp³-hybridized carbons (Fsp3) is 0.118. The smallest absolute Gasteiger partial charge is 0.181 e. The van der Waals surface area contributed by atoms with Crippen LogP contribution in [0.4, 0.5) is 10.8 Å². The summed E-state index contributed by atoms with van der Waals surface area (Å²) in [6.45, 7) is 1.25. The molecule has 5 N–H and O–H groups in total. The van der Waals surface area contributed by atoms with Gasteiger partial charge in [0.2, 0.25) is 0 Å². The molecule has 0 aliphatic carbocycles. The maximum atomic E-state index is 9.93. The number of H-pyrrole nitrogens is 1. The number of hydrogen-bond donors (Lipinski definition) is 4. The number of nitrogens with one attached hydrogen (secondary N) is 2. The van der Waals surface area contributed by atoms with Gasteiger partial charge < -0.3 is 25.9 Å². The largest absolute Gasteiger partial charge is 0.508 e. The summed E-state index contributed by atoms with van der Waals surface area (Å²) in [4.78, 5) is 7.71. The van der Waals surface area contributed by atoms with E-state index in [1.165, 1.54) is 11.3 Å². The number of anilines is 2. The van der Waals surface area contributed by atoms with Gasteiger partial charge >= 0.3 is 0 Å². The molecule has 0 spiro atoms. The van der Waals surface area contributed by atoms with Gasteiger partial charge in [0.25, 0.3) is 0 Å². The lowest BCUT2D eigenvalue weighted by molar-refractivity contribution is 0.337. The summed E-state index contributed by atoms with van der Waals surface area (Å²) in [6, 6.07) is 9.45. The van der Waals surface area contributed by atoms with E-state index in [4.69, 9.17) is 10.5 Å². The van der Waals surface area contributed by atoms with Gasteiger partial charge in [0.15, 0.2) is 5.13 Å². The van der Waals surface area contributed by atoms with E-state index in [2.05, 4.69) is 21.4 Å². The number of aromatic hydroxyl groups is 1. The SMILES string of the molecule is Nc1nc2ccc(-c3[nH]c4cc(O)cc5c4c3NCCO5)cc2s1. The normalized spacial score (nSPS) is 13.7. The molecule has 0 saturated heterocycles. The zero-order valence-corrected chi connectivity index (χ0v) is 13.4. The first-order valence-corrected chi connectivity index (χ1v) is 8.42. The van der Waals surface area contributed by atoms with Crippen molar-refractivity contribution in [2.24, 2.45) is 0 Å². The third-order valence-electron chi connectivity index (χ3n) is 4.20. The number of aromatic nitrogens is 2. The molecule has 120 valence electrons. The summed E-state index contributed by atoms with van der Waals surface area (Å²) in [5.41, 5.74) is 10.6. The van der Waals surface area contributed by atoms with Crippen molar-refractivity contribution in [2.75, 3.05) is 24.2 Å². The summed E-state index contributed by atoms with van der Waals surface area (Å²) in [5.74, 6) is 0.875. The van der Waals surface area contributed by atoms with Gasteiger partial charge in [0, 0.05) is 24.2 Å². The number of benzene rings is 2. The molecule has 0 saturated carbocycles. The Labute approximate surface area is 140 Å². The summed E-state index contributed by atoms with van der Waals surface area (Å²) in [7, 11) is 0. The van der Waals surface area contributed by atoms with Gasteiger partial charge in [-0.1, -0.05) is 17.4 Å². The van der Waals surface area contributed by atoms with Gasteiger partial charge in [-0.15, -0.1) is 0 Å². The maximum absolute atomic E-state index is 9.93. The van der Waals surface area contributed by atoms with Crippen LogP contribution in [0.3, 0.4) is 0 Å². The van der Waals surface area contributed by atoms with Crippen LogP contribution in [0, 0.1) is 0 Å². The van der Waals surface area contributed by atoms with Crippen molar-refractivity contribution < 1.29 is 9.84 Å². The quantitative estimate of drug-likeness (QED) is 0.426. The van der Waals surface area contributed by atoms with Crippen LogP contribution in [-0.4, -0.2) is 28.2 Å². The van der Waals surface area contributed by atoms with Crippen molar-refractivity contribution in [3.63, 3.8) is 0 Å². The lowest BCUT2D eigenvalue weighted by atomic mass is 10.1. The summed E-state index contributed by atoms with van der Waals surface area (Å²) in [5, 5.41) is 14.9. The number of aromatic amines is 1.